The quantitative estimate of drug-likeness (QED) is 0.367. The second-order valence-electron chi connectivity index (χ2n) is 7.82. The molecule has 2 atom stereocenters. The largest absolute Gasteiger partial charge is 0.416 e. The van der Waals surface area contributed by atoms with Crippen LogP contribution < -0.4 is 16.7 Å². The smallest absolute Gasteiger partial charge is 0.382 e. The number of nitrogens with one attached hydrogen (secondary N) is 1. The van der Waals surface area contributed by atoms with Crippen molar-refractivity contribution in [1.29, 1.82) is 0 Å². The van der Waals surface area contributed by atoms with E-state index < -0.39 is 37.0 Å². The topological polar surface area (TPSA) is 115 Å². The van der Waals surface area contributed by atoms with Crippen LogP contribution in [0.4, 0.5) is 13.2 Å². The van der Waals surface area contributed by atoms with Crippen LogP contribution in [0.5, 0.6) is 0 Å². The molecule has 0 aliphatic carbocycles. The van der Waals surface area contributed by atoms with Gasteiger partial charge in [-0.15, -0.1) is 5.10 Å². The number of rotatable bonds is 9. The third kappa shape index (κ3) is 6.60. The van der Waals surface area contributed by atoms with E-state index in [1.54, 1.807) is 18.2 Å². The Morgan fingerprint density at radius 2 is 1.81 bits per heavy atom. The SMILES string of the molecule is NCC(CNC(=O)Cn1nc(-c2ccc(Cl)cc2)n(C[C@H](O)C(F)(F)F)c1=O)c1cccc(Cl)c1Cl. The molecule has 0 saturated heterocycles. The summed E-state index contributed by atoms with van der Waals surface area (Å²) < 4.78 is 40.3. The third-order valence-electron chi connectivity index (χ3n) is 5.30. The maximum Gasteiger partial charge on any atom is 0.416 e. The molecule has 1 heterocycles. The molecule has 0 bridgehead atoms. The highest BCUT2D eigenvalue weighted by atomic mass is 35.5. The molecule has 1 amide bonds. The van der Waals surface area contributed by atoms with Crippen molar-refractivity contribution in [1.82, 2.24) is 19.7 Å². The van der Waals surface area contributed by atoms with Gasteiger partial charge in [0.05, 0.1) is 16.6 Å². The third-order valence-corrected chi connectivity index (χ3v) is 6.39. The molecule has 0 radical (unpaired) electrons. The molecule has 0 fully saturated rings. The Morgan fingerprint density at radius 1 is 1.14 bits per heavy atom. The van der Waals surface area contributed by atoms with Crippen molar-refractivity contribution in [3.05, 3.63) is 73.6 Å². The zero-order valence-electron chi connectivity index (χ0n) is 18.5. The van der Waals surface area contributed by atoms with Gasteiger partial charge in [0.15, 0.2) is 11.9 Å². The standard InChI is InChI=1S/C22H21Cl3F3N5O3/c23-14-6-4-12(5-7-14)20-31-33(21(36)32(20)10-17(34)22(26,27)28)11-18(35)30-9-13(8-29)15-2-1-3-16(24)19(15)25/h1-7,13,17,34H,8-11,29H2,(H,30,35)/t13?,17-/m0/s1. The van der Waals surface area contributed by atoms with Gasteiger partial charge in [-0.05, 0) is 35.9 Å². The van der Waals surface area contributed by atoms with Crippen molar-refractivity contribution in [2.75, 3.05) is 13.1 Å². The van der Waals surface area contributed by atoms with Gasteiger partial charge in [-0.1, -0.05) is 46.9 Å². The first-order chi connectivity index (χ1) is 16.9. The Bertz CT molecular complexity index is 1280. The van der Waals surface area contributed by atoms with Gasteiger partial charge in [0, 0.05) is 29.6 Å². The molecule has 0 aliphatic rings. The molecule has 0 spiro atoms. The summed E-state index contributed by atoms with van der Waals surface area (Å²) in [5.74, 6) is -1.20. The molecule has 1 unspecified atom stereocenters. The van der Waals surface area contributed by atoms with Gasteiger partial charge in [0.25, 0.3) is 0 Å². The number of nitrogens with two attached hydrogens (primary N) is 1. The minimum Gasteiger partial charge on any atom is -0.382 e. The molecule has 0 aliphatic heterocycles. The molecule has 3 aromatic rings. The zero-order chi connectivity index (χ0) is 26.6. The first-order valence-electron chi connectivity index (χ1n) is 10.5. The summed E-state index contributed by atoms with van der Waals surface area (Å²) in [5, 5.41) is 17.2. The van der Waals surface area contributed by atoms with Gasteiger partial charge in [-0.25, -0.2) is 9.48 Å². The lowest BCUT2D eigenvalue weighted by molar-refractivity contribution is -0.207. The summed E-state index contributed by atoms with van der Waals surface area (Å²) in [6, 6.07) is 10.8. The van der Waals surface area contributed by atoms with Crippen molar-refractivity contribution < 1.29 is 23.1 Å². The maximum absolute atomic E-state index is 13.0. The van der Waals surface area contributed by atoms with Gasteiger partial charge in [0.2, 0.25) is 5.91 Å². The second-order valence-corrected chi connectivity index (χ2v) is 9.04. The number of aliphatic hydroxyl groups excluding tert-OH is 1. The van der Waals surface area contributed by atoms with Gasteiger partial charge in [-0.2, -0.15) is 13.2 Å². The van der Waals surface area contributed by atoms with Crippen LogP contribution in [0, 0.1) is 0 Å². The number of alkyl halides is 3. The molecule has 8 nitrogen and oxygen atoms in total. The number of carbonyl (C=O) groups is 1. The fraction of sp³-hybridized carbons (Fsp3) is 0.318. The van der Waals surface area contributed by atoms with Gasteiger partial charge in [0.1, 0.15) is 6.54 Å². The van der Waals surface area contributed by atoms with E-state index in [-0.39, 0.29) is 30.4 Å². The number of aromatic nitrogens is 3. The number of carbonyl (C=O) groups excluding carboxylic acids is 1. The summed E-state index contributed by atoms with van der Waals surface area (Å²) in [7, 11) is 0. The molecule has 194 valence electrons. The van der Waals surface area contributed by atoms with Crippen LogP contribution in [0.2, 0.25) is 15.1 Å². The van der Waals surface area contributed by atoms with E-state index in [1.807, 2.05) is 0 Å². The lowest BCUT2D eigenvalue weighted by atomic mass is 9.99. The van der Waals surface area contributed by atoms with Crippen LogP contribution in [0.15, 0.2) is 47.3 Å². The van der Waals surface area contributed by atoms with E-state index in [9.17, 15) is 27.9 Å². The molecule has 3 rings (SSSR count). The average Bonchev–Trinajstić information content (AvgIpc) is 3.11. The maximum atomic E-state index is 13.0. The first kappa shape index (κ1) is 28.0. The summed E-state index contributed by atoms with van der Waals surface area (Å²) in [4.78, 5) is 25.4. The predicted molar refractivity (Wildman–Crippen MR) is 130 cm³/mol. The van der Waals surface area contributed by atoms with Gasteiger partial charge >= 0.3 is 11.9 Å². The number of hydrogen-bond acceptors (Lipinski definition) is 5. The molecule has 4 N–H and O–H groups in total. The number of aliphatic hydroxyl groups is 1. The van der Waals surface area contributed by atoms with E-state index >= 15 is 0 Å². The van der Waals surface area contributed by atoms with Crippen molar-refractivity contribution in [3.63, 3.8) is 0 Å². The predicted octanol–water partition coefficient (Wildman–Crippen LogP) is 3.45. The number of nitrogens with zero attached hydrogens (tertiary/aromatic N) is 3. The summed E-state index contributed by atoms with van der Waals surface area (Å²) in [6.07, 6.45) is -7.78. The van der Waals surface area contributed by atoms with Crippen molar-refractivity contribution in [2.45, 2.75) is 31.3 Å². The molecule has 1 aromatic heterocycles. The number of halogens is 6. The second kappa shape index (κ2) is 11.7. The summed E-state index contributed by atoms with van der Waals surface area (Å²) in [5.41, 5.74) is 5.70. The lowest BCUT2D eigenvalue weighted by Gasteiger charge is -2.18. The van der Waals surface area contributed by atoms with E-state index in [1.165, 1.54) is 24.3 Å². The summed E-state index contributed by atoms with van der Waals surface area (Å²) >= 11 is 18.1. The van der Waals surface area contributed by atoms with E-state index in [0.29, 0.717) is 29.9 Å². The van der Waals surface area contributed by atoms with Crippen molar-refractivity contribution >= 4 is 40.7 Å². The van der Waals surface area contributed by atoms with Crippen molar-refractivity contribution in [3.8, 4) is 11.4 Å². The number of hydrogen-bond donors (Lipinski definition) is 3. The monoisotopic (exact) mass is 565 g/mol. The Balaban J connectivity index is 1.83. The molecule has 36 heavy (non-hydrogen) atoms. The van der Waals surface area contributed by atoms with Gasteiger partial charge in [-0.3, -0.25) is 9.36 Å². The normalized spacial score (nSPS) is 13.4. The summed E-state index contributed by atoms with van der Waals surface area (Å²) in [6.45, 7) is -1.51. The highest BCUT2D eigenvalue weighted by Gasteiger charge is 2.39. The Labute approximate surface area is 218 Å². The zero-order valence-corrected chi connectivity index (χ0v) is 20.7. The molecule has 2 aromatic carbocycles. The van der Waals surface area contributed by atoms with Crippen LogP contribution >= 0.6 is 34.8 Å². The van der Waals surface area contributed by atoms with Crippen LogP contribution in [-0.2, 0) is 17.9 Å². The molecule has 0 saturated carbocycles. The number of benzene rings is 2. The van der Waals surface area contributed by atoms with Crippen LogP contribution in [-0.4, -0.2) is 50.7 Å². The molecular weight excluding hydrogens is 546 g/mol. The van der Waals surface area contributed by atoms with Crippen molar-refractivity contribution in [2.24, 2.45) is 5.73 Å². The van der Waals surface area contributed by atoms with Crippen LogP contribution in [0.25, 0.3) is 11.4 Å². The number of amides is 1. The Hall–Kier alpha value is -2.57. The minimum atomic E-state index is -4.96. The average molecular weight is 567 g/mol. The Morgan fingerprint density at radius 3 is 2.42 bits per heavy atom. The highest BCUT2D eigenvalue weighted by molar-refractivity contribution is 6.42. The minimum absolute atomic E-state index is 0.0572. The fourth-order valence-corrected chi connectivity index (χ4v) is 3.97. The molecule has 14 heteroatoms. The van der Waals surface area contributed by atoms with Gasteiger partial charge < -0.3 is 16.2 Å². The molecular formula is C22H21Cl3F3N5O3. The fourth-order valence-electron chi connectivity index (χ4n) is 3.38. The van der Waals surface area contributed by atoms with Crippen LogP contribution in [0.1, 0.15) is 11.5 Å². The lowest BCUT2D eigenvalue weighted by Crippen LogP contribution is -2.39. The van der Waals surface area contributed by atoms with E-state index in [0.717, 1.165) is 0 Å². The Kier molecular flexibility index (Phi) is 9.07. The highest BCUT2D eigenvalue weighted by Crippen LogP contribution is 2.30. The van der Waals surface area contributed by atoms with E-state index in [2.05, 4.69) is 10.4 Å². The first-order valence-corrected chi connectivity index (χ1v) is 11.6. The van der Waals surface area contributed by atoms with Crippen LogP contribution in [0.3, 0.4) is 0 Å². The van der Waals surface area contributed by atoms with E-state index in [4.69, 9.17) is 40.5 Å².